The summed E-state index contributed by atoms with van der Waals surface area (Å²) in [6.07, 6.45) is -4.55. The SMILES string of the molecule is COc1ccc(F)cc1C(=O)c1cccc(C(F)(F)F)c1. The van der Waals surface area contributed by atoms with Crippen molar-refractivity contribution >= 4 is 5.78 Å². The lowest BCUT2D eigenvalue weighted by molar-refractivity contribution is -0.137. The highest BCUT2D eigenvalue weighted by molar-refractivity contribution is 6.10. The Labute approximate surface area is 118 Å². The number of halogens is 4. The second-order valence-electron chi connectivity index (χ2n) is 4.25. The maximum Gasteiger partial charge on any atom is 0.416 e. The van der Waals surface area contributed by atoms with Gasteiger partial charge in [0, 0.05) is 5.56 Å². The van der Waals surface area contributed by atoms with Crippen LogP contribution in [0.3, 0.4) is 0 Å². The molecule has 0 aromatic heterocycles. The van der Waals surface area contributed by atoms with Crippen molar-refractivity contribution in [2.24, 2.45) is 0 Å². The van der Waals surface area contributed by atoms with Gasteiger partial charge in [0.25, 0.3) is 0 Å². The lowest BCUT2D eigenvalue weighted by Gasteiger charge is -2.10. The summed E-state index contributed by atoms with van der Waals surface area (Å²) in [4.78, 5) is 12.2. The van der Waals surface area contributed by atoms with Crippen molar-refractivity contribution in [1.82, 2.24) is 0 Å². The summed E-state index contributed by atoms with van der Waals surface area (Å²) in [6.45, 7) is 0. The Morgan fingerprint density at radius 3 is 2.43 bits per heavy atom. The Kier molecular flexibility index (Phi) is 3.97. The first-order chi connectivity index (χ1) is 9.82. The molecule has 0 heterocycles. The van der Waals surface area contributed by atoms with Crippen molar-refractivity contribution in [1.29, 1.82) is 0 Å². The van der Waals surface area contributed by atoms with E-state index >= 15 is 0 Å². The molecule has 2 aromatic carbocycles. The van der Waals surface area contributed by atoms with Crippen LogP contribution in [0.1, 0.15) is 21.5 Å². The standard InChI is InChI=1S/C15H10F4O2/c1-21-13-6-5-11(16)8-12(13)14(20)9-3-2-4-10(7-9)15(17,18)19/h2-8H,1H3. The van der Waals surface area contributed by atoms with Gasteiger partial charge in [0.1, 0.15) is 11.6 Å². The summed E-state index contributed by atoms with van der Waals surface area (Å²) in [5.41, 5.74) is -1.26. The topological polar surface area (TPSA) is 26.3 Å². The van der Waals surface area contributed by atoms with Crippen LogP contribution in [0.25, 0.3) is 0 Å². The van der Waals surface area contributed by atoms with Crippen molar-refractivity contribution in [3.05, 3.63) is 65.0 Å². The Hall–Kier alpha value is -2.37. The molecule has 0 bridgehead atoms. The summed E-state index contributed by atoms with van der Waals surface area (Å²) in [5.74, 6) is -1.32. The quantitative estimate of drug-likeness (QED) is 0.630. The van der Waals surface area contributed by atoms with Gasteiger partial charge in [-0.3, -0.25) is 4.79 Å². The van der Waals surface area contributed by atoms with Gasteiger partial charge in [-0.25, -0.2) is 4.39 Å². The van der Waals surface area contributed by atoms with E-state index < -0.39 is 23.3 Å². The fourth-order valence-electron chi connectivity index (χ4n) is 1.85. The third-order valence-corrected chi connectivity index (χ3v) is 2.86. The highest BCUT2D eigenvalue weighted by Gasteiger charge is 2.31. The van der Waals surface area contributed by atoms with Gasteiger partial charge >= 0.3 is 6.18 Å². The molecule has 0 saturated carbocycles. The molecule has 0 fully saturated rings. The molecule has 6 heteroatoms. The summed E-state index contributed by atoms with van der Waals surface area (Å²) >= 11 is 0. The first-order valence-corrected chi connectivity index (χ1v) is 5.88. The molecule has 0 aliphatic carbocycles. The average Bonchev–Trinajstić information content (AvgIpc) is 2.45. The Morgan fingerprint density at radius 1 is 1.10 bits per heavy atom. The minimum absolute atomic E-state index is 0.0961. The minimum Gasteiger partial charge on any atom is -0.496 e. The second-order valence-corrected chi connectivity index (χ2v) is 4.25. The summed E-state index contributed by atoms with van der Waals surface area (Å²) in [6, 6.07) is 7.23. The number of ether oxygens (including phenoxy) is 1. The first kappa shape index (κ1) is 15.0. The highest BCUT2D eigenvalue weighted by atomic mass is 19.4. The van der Waals surface area contributed by atoms with E-state index in [-0.39, 0.29) is 16.9 Å². The van der Waals surface area contributed by atoms with Crippen LogP contribution in [0.15, 0.2) is 42.5 Å². The van der Waals surface area contributed by atoms with Crippen LogP contribution in [-0.4, -0.2) is 12.9 Å². The molecule has 2 nitrogen and oxygen atoms in total. The van der Waals surface area contributed by atoms with Crippen molar-refractivity contribution < 1.29 is 27.1 Å². The highest BCUT2D eigenvalue weighted by Crippen LogP contribution is 2.30. The number of carbonyl (C=O) groups excluding carboxylic acids is 1. The van der Waals surface area contributed by atoms with Crippen LogP contribution in [0, 0.1) is 5.82 Å². The fourth-order valence-corrected chi connectivity index (χ4v) is 1.85. The van der Waals surface area contributed by atoms with Gasteiger partial charge < -0.3 is 4.74 Å². The number of alkyl halides is 3. The van der Waals surface area contributed by atoms with E-state index in [1.54, 1.807) is 0 Å². The van der Waals surface area contributed by atoms with Gasteiger partial charge in [-0.1, -0.05) is 12.1 Å². The third-order valence-electron chi connectivity index (χ3n) is 2.86. The van der Waals surface area contributed by atoms with Gasteiger partial charge in [-0.2, -0.15) is 13.2 Å². The third kappa shape index (κ3) is 3.21. The normalized spacial score (nSPS) is 11.3. The van der Waals surface area contributed by atoms with Crippen molar-refractivity contribution in [2.75, 3.05) is 7.11 Å². The molecule has 0 atom stereocenters. The molecule has 2 aromatic rings. The van der Waals surface area contributed by atoms with Crippen LogP contribution in [0.4, 0.5) is 17.6 Å². The van der Waals surface area contributed by atoms with Crippen LogP contribution in [0.2, 0.25) is 0 Å². The molecular weight excluding hydrogens is 288 g/mol. The molecule has 0 amide bonds. The van der Waals surface area contributed by atoms with E-state index in [9.17, 15) is 22.4 Å². The zero-order chi connectivity index (χ0) is 15.6. The molecule has 0 radical (unpaired) electrons. The van der Waals surface area contributed by atoms with Crippen molar-refractivity contribution in [3.8, 4) is 5.75 Å². The summed E-state index contributed by atoms with van der Waals surface area (Å²) in [7, 11) is 1.29. The zero-order valence-electron chi connectivity index (χ0n) is 10.9. The van der Waals surface area contributed by atoms with Crippen LogP contribution < -0.4 is 4.74 Å². The lowest BCUT2D eigenvalue weighted by Crippen LogP contribution is -2.09. The van der Waals surface area contributed by atoms with Gasteiger partial charge in [0.2, 0.25) is 0 Å². The molecule has 0 aliphatic rings. The van der Waals surface area contributed by atoms with Crippen LogP contribution in [0.5, 0.6) is 5.75 Å². The number of hydrogen-bond acceptors (Lipinski definition) is 2. The maximum atomic E-state index is 13.2. The van der Waals surface area contributed by atoms with Crippen LogP contribution in [-0.2, 0) is 6.18 Å². The first-order valence-electron chi connectivity index (χ1n) is 5.88. The molecule has 0 saturated heterocycles. The fraction of sp³-hybridized carbons (Fsp3) is 0.133. The minimum atomic E-state index is -4.55. The second kappa shape index (κ2) is 5.55. The van der Waals surface area contributed by atoms with E-state index in [0.29, 0.717) is 0 Å². The smallest absolute Gasteiger partial charge is 0.416 e. The molecule has 0 aliphatic heterocycles. The zero-order valence-corrected chi connectivity index (χ0v) is 10.9. The number of rotatable bonds is 3. The molecule has 0 spiro atoms. The summed E-state index contributed by atoms with van der Waals surface area (Å²) < 4.78 is 56.1. The van der Waals surface area contributed by atoms with Gasteiger partial charge in [-0.15, -0.1) is 0 Å². The monoisotopic (exact) mass is 298 g/mol. The van der Waals surface area contributed by atoms with Crippen molar-refractivity contribution in [3.63, 3.8) is 0 Å². The molecule has 2 rings (SSSR count). The number of hydrogen-bond donors (Lipinski definition) is 0. The predicted molar refractivity (Wildman–Crippen MR) is 67.8 cm³/mol. The van der Waals surface area contributed by atoms with Crippen molar-refractivity contribution in [2.45, 2.75) is 6.18 Å². The van der Waals surface area contributed by atoms with E-state index in [1.807, 2.05) is 0 Å². The van der Waals surface area contributed by atoms with Gasteiger partial charge in [0.15, 0.2) is 5.78 Å². The Morgan fingerprint density at radius 2 is 1.81 bits per heavy atom. The predicted octanol–water partition coefficient (Wildman–Crippen LogP) is 4.08. The van der Waals surface area contributed by atoms with E-state index in [1.165, 1.54) is 19.2 Å². The molecule has 0 N–H and O–H groups in total. The Balaban J connectivity index is 2.48. The maximum absolute atomic E-state index is 13.2. The van der Waals surface area contributed by atoms with E-state index in [2.05, 4.69) is 0 Å². The molecule has 110 valence electrons. The number of methoxy groups -OCH3 is 1. The molecule has 0 unspecified atom stereocenters. The average molecular weight is 298 g/mol. The van der Waals surface area contributed by atoms with E-state index in [4.69, 9.17) is 4.74 Å². The largest absolute Gasteiger partial charge is 0.496 e. The number of carbonyl (C=O) groups is 1. The number of benzene rings is 2. The number of ketones is 1. The molecule has 21 heavy (non-hydrogen) atoms. The van der Waals surface area contributed by atoms with Gasteiger partial charge in [-0.05, 0) is 30.3 Å². The van der Waals surface area contributed by atoms with E-state index in [0.717, 1.165) is 30.3 Å². The van der Waals surface area contributed by atoms with Gasteiger partial charge in [0.05, 0.1) is 18.2 Å². The lowest BCUT2D eigenvalue weighted by atomic mass is 10.0. The Bertz CT molecular complexity index is 678. The van der Waals surface area contributed by atoms with Crippen LogP contribution >= 0.6 is 0 Å². The molecular formula is C15H10F4O2. The summed E-state index contributed by atoms with van der Waals surface area (Å²) in [5, 5.41) is 0.